The number of guanidine groups is 1. The van der Waals surface area contributed by atoms with E-state index in [0.29, 0.717) is 25.7 Å². The minimum Gasteiger partial charge on any atom is -0.378 e. The molecule has 2 aromatic rings. The first-order chi connectivity index (χ1) is 9.72. The average Bonchev–Trinajstić information content (AvgIpc) is 2.87. The zero-order valence-corrected chi connectivity index (χ0v) is 11.6. The normalized spacial score (nSPS) is 16.9. The van der Waals surface area contributed by atoms with Gasteiger partial charge in [-0.1, -0.05) is 6.07 Å². The first-order valence-electron chi connectivity index (χ1n) is 6.79. The van der Waals surface area contributed by atoms with E-state index in [1.165, 1.54) is 5.56 Å². The van der Waals surface area contributed by atoms with Crippen molar-refractivity contribution in [1.82, 2.24) is 14.3 Å². The van der Waals surface area contributed by atoms with E-state index in [9.17, 15) is 0 Å². The summed E-state index contributed by atoms with van der Waals surface area (Å²) in [5.41, 5.74) is 9.07. The SMILES string of the molecule is Cc1ccc2nc(CN=C(N)N3CCOCC3)cn2c1. The standard InChI is InChI=1S/C14H19N5O/c1-11-2-3-13-17-12(10-19(13)9-11)8-16-14(15)18-4-6-20-7-5-18/h2-3,9-10H,4-8H2,1H3,(H2,15,16). The topological polar surface area (TPSA) is 68.1 Å². The van der Waals surface area contributed by atoms with Crippen LogP contribution in [0, 0.1) is 6.92 Å². The Balaban J connectivity index is 1.72. The minimum absolute atomic E-state index is 0.504. The van der Waals surface area contributed by atoms with Gasteiger partial charge in [-0.2, -0.15) is 0 Å². The van der Waals surface area contributed by atoms with Gasteiger partial charge in [0.25, 0.3) is 0 Å². The van der Waals surface area contributed by atoms with Crippen LogP contribution in [0.1, 0.15) is 11.3 Å². The third kappa shape index (κ3) is 2.75. The Morgan fingerprint density at radius 3 is 2.95 bits per heavy atom. The number of rotatable bonds is 2. The molecular formula is C14H19N5O. The molecule has 1 aliphatic rings. The van der Waals surface area contributed by atoms with Crippen molar-refractivity contribution >= 4 is 11.6 Å². The summed E-state index contributed by atoms with van der Waals surface area (Å²) in [7, 11) is 0. The summed E-state index contributed by atoms with van der Waals surface area (Å²) in [6.07, 6.45) is 4.05. The number of imidazole rings is 1. The average molecular weight is 273 g/mol. The summed E-state index contributed by atoms with van der Waals surface area (Å²) >= 11 is 0. The molecule has 0 radical (unpaired) electrons. The third-order valence-corrected chi connectivity index (χ3v) is 3.39. The number of fused-ring (bicyclic) bond motifs is 1. The molecule has 0 spiro atoms. The lowest BCUT2D eigenvalue weighted by Gasteiger charge is -2.27. The number of pyridine rings is 1. The molecule has 0 saturated carbocycles. The fraction of sp³-hybridized carbons (Fsp3) is 0.429. The lowest BCUT2D eigenvalue weighted by atomic mass is 10.3. The second-order valence-corrected chi connectivity index (χ2v) is 4.98. The van der Waals surface area contributed by atoms with E-state index in [0.717, 1.165) is 24.4 Å². The molecule has 1 fully saturated rings. The van der Waals surface area contributed by atoms with Crippen molar-refractivity contribution in [2.75, 3.05) is 26.3 Å². The zero-order chi connectivity index (χ0) is 13.9. The van der Waals surface area contributed by atoms with Gasteiger partial charge >= 0.3 is 0 Å². The lowest BCUT2D eigenvalue weighted by Crippen LogP contribution is -2.44. The van der Waals surface area contributed by atoms with Gasteiger partial charge in [-0.05, 0) is 18.6 Å². The Bertz CT molecular complexity index is 628. The number of morpholine rings is 1. The summed E-state index contributed by atoms with van der Waals surface area (Å²) in [6.45, 7) is 5.60. The number of aromatic nitrogens is 2. The number of nitrogens with zero attached hydrogens (tertiary/aromatic N) is 4. The van der Waals surface area contributed by atoms with Crippen LogP contribution in [0.3, 0.4) is 0 Å². The van der Waals surface area contributed by atoms with Crippen molar-refractivity contribution < 1.29 is 4.74 Å². The highest BCUT2D eigenvalue weighted by atomic mass is 16.5. The summed E-state index contributed by atoms with van der Waals surface area (Å²) in [5.74, 6) is 0.571. The minimum atomic E-state index is 0.504. The van der Waals surface area contributed by atoms with Gasteiger partial charge in [-0.25, -0.2) is 9.98 Å². The van der Waals surface area contributed by atoms with Crippen LogP contribution < -0.4 is 5.73 Å². The van der Waals surface area contributed by atoms with Crippen molar-refractivity contribution in [2.45, 2.75) is 13.5 Å². The van der Waals surface area contributed by atoms with E-state index in [2.05, 4.69) is 29.2 Å². The Kier molecular flexibility index (Phi) is 3.56. The summed E-state index contributed by atoms with van der Waals surface area (Å²) in [4.78, 5) is 11.0. The van der Waals surface area contributed by atoms with Gasteiger partial charge in [0, 0.05) is 25.5 Å². The van der Waals surface area contributed by atoms with Crippen LogP contribution in [0.2, 0.25) is 0 Å². The molecule has 0 aromatic carbocycles. The van der Waals surface area contributed by atoms with Crippen molar-refractivity contribution in [3.63, 3.8) is 0 Å². The molecule has 0 bridgehead atoms. The number of aryl methyl sites for hydroxylation is 1. The maximum Gasteiger partial charge on any atom is 0.191 e. The highest BCUT2D eigenvalue weighted by molar-refractivity contribution is 5.78. The largest absolute Gasteiger partial charge is 0.378 e. The quantitative estimate of drug-likeness (QED) is 0.649. The van der Waals surface area contributed by atoms with E-state index < -0.39 is 0 Å². The maximum absolute atomic E-state index is 6.00. The van der Waals surface area contributed by atoms with Gasteiger partial charge in [0.15, 0.2) is 5.96 Å². The van der Waals surface area contributed by atoms with Crippen LogP contribution in [0.4, 0.5) is 0 Å². The molecule has 3 rings (SSSR count). The number of aliphatic imine (C=N–C) groups is 1. The van der Waals surface area contributed by atoms with E-state index in [1.54, 1.807) is 0 Å². The summed E-state index contributed by atoms with van der Waals surface area (Å²) in [5, 5.41) is 0. The molecule has 6 nitrogen and oxygen atoms in total. The smallest absolute Gasteiger partial charge is 0.191 e. The van der Waals surface area contributed by atoms with Crippen LogP contribution in [-0.4, -0.2) is 46.5 Å². The molecule has 0 atom stereocenters. The highest BCUT2D eigenvalue weighted by Crippen LogP contribution is 2.08. The van der Waals surface area contributed by atoms with Crippen molar-refractivity contribution in [3.05, 3.63) is 35.8 Å². The van der Waals surface area contributed by atoms with Gasteiger partial charge in [0.05, 0.1) is 25.5 Å². The molecule has 1 aliphatic heterocycles. The van der Waals surface area contributed by atoms with Crippen LogP contribution in [0.15, 0.2) is 29.5 Å². The van der Waals surface area contributed by atoms with Crippen molar-refractivity contribution in [1.29, 1.82) is 0 Å². The molecule has 3 heterocycles. The first kappa shape index (κ1) is 12.9. The Morgan fingerprint density at radius 1 is 1.35 bits per heavy atom. The zero-order valence-electron chi connectivity index (χ0n) is 11.6. The molecule has 106 valence electrons. The number of hydrogen-bond acceptors (Lipinski definition) is 3. The van der Waals surface area contributed by atoms with Gasteiger partial charge < -0.3 is 19.8 Å². The Morgan fingerprint density at radius 2 is 2.15 bits per heavy atom. The number of hydrogen-bond donors (Lipinski definition) is 1. The van der Waals surface area contributed by atoms with Gasteiger partial charge in [-0.15, -0.1) is 0 Å². The highest BCUT2D eigenvalue weighted by Gasteiger charge is 2.12. The second-order valence-electron chi connectivity index (χ2n) is 4.98. The summed E-state index contributed by atoms with van der Waals surface area (Å²) < 4.78 is 7.31. The van der Waals surface area contributed by atoms with Gasteiger partial charge in [0.1, 0.15) is 5.65 Å². The molecule has 0 amide bonds. The van der Waals surface area contributed by atoms with E-state index >= 15 is 0 Å². The van der Waals surface area contributed by atoms with Gasteiger partial charge in [0.2, 0.25) is 0 Å². The fourth-order valence-electron chi connectivity index (χ4n) is 2.29. The van der Waals surface area contributed by atoms with Gasteiger partial charge in [-0.3, -0.25) is 0 Å². The number of ether oxygens (including phenoxy) is 1. The molecule has 6 heteroatoms. The predicted molar refractivity (Wildman–Crippen MR) is 77.6 cm³/mol. The molecule has 20 heavy (non-hydrogen) atoms. The first-order valence-corrected chi connectivity index (χ1v) is 6.79. The maximum atomic E-state index is 6.00. The fourth-order valence-corrected chi connectivity index (χ4v) is 2.29. The van der Waals surface area contributed by atoms with Crippen LogP contribution in [-0.2, 0) is 11.3 Å². The van der Waals surface area contributed by atoms with Crippen molar-refractivity contribution in [2.24, 2.45) is 10.7 Å². The predicted octanol–water partition coefficient (Wildman–Crippen LogP) is 0.790. The van der Waals surface area contributed by atoms with E-state index in [-0.39, 0.29) is 0 Å². The van der Waals surface area contributed by atoms with Crippen LogP contribution in [0.5, 0.6) is 0 Å². The molecule has 2 N–H and O–H groups in total. The molecule has 1 saturated heterocycles. The summed E-state index contributed by atoms with van der Waals surface area (Å²) in [6, 6.07) is 4.06. The number of nitrogens with two attached hydrogens (primary N) is 1. The van der Waals surface area contributed by atoms with E-state index in [1.807, 2.05) is 21.6 Å². The molecule has 0 unspecified atom stereocenters. The molecule has 2 aromatic heterocycles. The van der Waals surface area contributed by atoms with Crippen LogP contribution >= 0.6 is 0 Å². The Labute approximate surface area is 117 Å². The monoisotopic (exact) mass is 273 g/mol. The van der Waals surface area contributed by atoms with Crippen molar-refractivity contribution in [3.8, 4) is 0 Å². The third-order valence-electron chi connectivity index (χ3n) is 3.39. The van der Waals surface area contributed by atoms with Crippen LogP contribution in [0.25, 0.3) is 5.65 Å². The molecule has 0 aliphatic carbocycles. The Hall–Kier alpha value is -2.08. The van der Waals surface area contributed by atoms with E-state index in [4.69, 9.17) is 10.5 Å². The lowest BCUT2D eigenvalue weighted by molar-refractivity contribution is 0.0674. The molecular weight excluding hydrogens is 254 g/mol. The second kappa shape index (κ2) is 5.50.